The van der Waals surface area contributed by atoms with Crippen molar-refractivity contribution in [1.82, 2.24) is 10.2 Å². The Bertz CT molecular complexity index is 541. The standard InChI is InChI=1S/C14H19N3O4/c1-10-7-11(3-4-13(10)17(19)20)14(18)16(2)9-12-8-15-5-6-21-12/h3-4,7,12,15H,5-6,8-9H2,1-2H3. The number of carbonyl (C=O) groups is 1. The Labute approximate surface area is 123 Å². The highest BCUT2D eigenvalue weighted by atomic mass is 16.6. The smallest absolute Gasteiger partial charge is 0.272 e. The first-order valence-corrected chi connectivity index (χ1v) is 6.82. The lowest BCUT2D eigenvalue weighted by Gasteiger charge is -2.28. The van der Waals surface area contributed by atoms with E-state index in [0.29, 0.717) is 24.3 Å². The van der Waals surface area contributed by atoms with Crippen molar-refractivity contribution in [2.24, 2.45) is 0 Å². The van der Waals surface area contributed by atoms with Crippen LogP contribution in [0.15, 0.2) is 18.2 Å². The lowest BCUT2D eigenvalue weighted by Crippen LogP contribution is -2.45. The van der Waals surface area contributed by atoms with Crippen molar-refractivity contribution in [3.8, 4) is 0 Å². The third-order valence-electron chi connectivity index (χ3n) is 3.47. The molecule has 7 nitrogen and oxygen atoms in total. The van der Waals surface area contributed by atoms with Crippen molar-refractivity contribution in [1.29, 1.82) is 0 Å². The minimum absolute atomic E-state index is 0.0214. The van der Waals surface area contributed by atoms with Gasteiger partial charge in [0.15, 0.2) is 0 Å². The zero-order valence-electron chi connectivity index (χ0n) is 12.2. The van der Waals surface area contributed by atoms with Crippen LogP contribution in [0, 0.1) is 17.0 Å². The zero-order chi connectivity index (χ0) is 15.4. The first-order valence-electron chi connectivity index (χ1n) is 6.82. The van der Waals surface area contributed by atoms with Gasteiger partial charge in [0.1, 0.15) is 0 Å². The molecule has 1 fully saturated rings. The van der Waals surface area contributed by atoms with Crippen LogP contribution in [0.4, 0.5) is 5.69 Å². The van der Waals surface area contributed by atoms with Gasteiger partial charge >= 0.3 is 0 Å². The van der Waals surface area contributed by atoms with Crippen molar-refractivity contribution < 1.29 is 14.5 Å². The monoisotopic (exact) mass is 293 g/mol. The van der Waals surface area contributed by atoms with Gasteiger partial charge in [-0.05, 0) is 19.1 Å². The van der Waals surface area contributed by atoms with Gasteiger partial charge in [0.05, 0.1) is 17.6 Å². The molecule has 1 aliphatic heterocycles. The molecule has 1 unspecified atom stereocenters. The van der Waals surface area contributed by atoms with Crippen molar-refractivity contribution >= 4 is 11.6 Å². The van der Waals surface area contributed by atoms with E-state index in [1.165, 1.54) is 12.1 Å². The van der Waals surface area contributed by atoms with E-state index in [9.17, 15) is 14.9 Å². The zero-order valence-corrected chi connectivity index (χ0v) is 12.2. The van der Waals surface area contributed by atoms with Gasteiger partial charge in [-0.3, -0.25) is 14.9 Å². The molecular formula is C14H19N3O4. The molecule has 0 radical (unpaired) electrons. The van der Waals surface area contributed by atoms with Crippen LogP contribution in [-0.4, -0.2) is 55.1 Å². The Morgan fingerprint density at radius 1 is 1.57 bits per heavy atom. The maximum atomic E-state index is 12.3. The average molecular weight is 293 g/mol. The average Bonchev–Trinajstić information content (AvgIpc) is 2.47. The number of carbonyl (C=O) groups excluding carboxylic acids is 1. The van der Waals surface area contributed by atoms with Crippen LogP contribution in [0.5, 0.6) is 0 Å². The summed E-state index contributed by atoms with van der Waals surface area (Å²) in [6.45, 7) is 4.31. The molecule has 1 atom stereocenters. The summed E-state index contributed by atoms with van der Waals surface area (Å²) in [7, 11) is 1.71. The maximum absolute atomic E-state index is 12.3. The molecule has 7 heteroatoms. The van der Waals surface area contributed by atoms with Crippen molar-refractivity contribution in [2.75, 3.05) is 33.3 Å². The van der Waals surface area contributed by atoms with E-state index in [0.717, 1.165) is 13.1 Å². The summed E-state index contributed by atoms with van der Waals surface area (Å²) in [4.78, 5) is 24.3. The summed E-state index contributed by atoms with van der Waals surface area (Å²) in [5, 5.41) is 14.0. The minimum Gasteiger partial charge on any atom is -0.374 e. The SMILES string of the molecule is Cc1cc(C(=O)N(C)CC2CNCCO2)ccc1[N+](=O)[O-]. The molecule has 1 heterocycles. The topological polar surface area (TPSA) is 84.7 Å². The molecule has 2 rings (SSSR count). The molecule has 0 aromatic heterocycles. The number of nitrogens with one attached hydrogen (secondary N) is 1. The number of amides is 1. The van der Waals surface area contributed by atoms with Gasteiger partial charge in [0.2, 0.25) is 0 Å². The fourth-order valence-electron chi connectivity index (χ4n) is 2.34. The highest BCUT2D eigenvalue weighted by Crippen LogP contribution is 2.19. The Hall–Kier alpha value is -1.99. The normalized spacial score (nSPS) is 18.3. The van der Waals surface area contributed by atoms with E-state index in [1.807, 2.05) is 0 Å². The number of ether oxygens (including phenoxy) is 1. The highest BCUT2D eigenvalue weighted by molar-refractivity contribution is 5.94. The minimum atomic E-state index is -0.450. The summed E-state index contributed by atoms with van der Waals surface area (Å²) < 4.78 is 5.56. The second kappa shape index (κ2) is 6.64. The summed E-state index contributed by atoms with van der Waals surface area (Å²) in [5.41, 5.74) is 0.952. The van der Waals surface area contributed by atoms with E-state index in [1.54, 1.807) is 24.9 Å². The van der Waals surface area contributed by atoms with E-state index in [4.69, 9.17) is 4.74 Å². The molecule has 21 heavy (non-hydrogen) atoms. The molecule has 114 valence electrons. The number of hydrogen-bond acceptors (Lipinski definition) is 5. The van der Waals surface area contributed by atoms with Crippen LogP contribution >= 0.6 is 0 Å². The van der Waals surface area contributed by atoms with E-state index < -0.39 is 4.92 Å². The van der Waals surface area contributed by atoms with Crippen LogP contribution in [0.3, 0.4) is 0 Å². The summed E-state index contributed by atoms with van der Waals surface area (Å²) >= 11 is 0. The molecule has 1 aromatic carbocycles. The van der Waals surface area contributed by atoms with Gasteiger partial charge in [0.25, 0.3) is 11.6 Å². The lowest BCUT2D eigenvalue weighted by atomic mass is 10.1. The highest BCUT2D eigenvalue weighted by Gasteiger charge is 2.21. The number of rotatable bonds is 4. The molecule has 0 aliphatic carbocycles. The van der Waals surface area contributed by atoms with Crippen LogP contribution in [-0.2, 0) is 4.74 Å². The van der Waals surface area contributed by atoms with Gasteiger partial charge in [-0.1, -0.05) is 0 Å². The van der Waals surface area contributed by atoms with Crippen molar-refractivity contribution in [3.05, 3.63) is 39.4 Å². The third kappa shape index (κ3) is 3.77. The molecule has 0 spiro atoms. The molecule has 1 amide bonds. The molecule has 0 bridgehead atoms. The molecule has 0 saturated carbocycles. The molecule has 1 aliphatic rings. The van der Waals surface area contributed by atoms with Gasteiger partial charge in [-0.2, -0.15) is 0 Å². The summed E-state index contributed by atoms with van der Waals surface area (Å²) in [5.74, 6) is -0.165. The molecule has 1 saturated heterocycles. The van der Waals surface area contributed by atoms with E-state index in [2.05, 4.69) is 5.32 Å². The van der Waals surface area contributed by atoms with Crippen LogP contribution < -0.4 is 5.32 Å². The number of likely N-dealkylation sites (N-methyl/N-ethyl adjacent to an activating group) is 1. The third-order valence-corrected chi connectivity index (χ3v) is 3.47. The Morgan fingerprint density at radius 2 is 2.33 bits per heavy atom. The Morgan fingerprint density at radius 3 is 2.90 bits per heavy atom. The Kier molecular flexibility index (Phi) is 4.87. The number of morpholine rings is 1. The van der Waals surface area contributed by atoms with Crippen LogP contribution in [0.2, 0.25) is 0 Å². The largest absolute Gasteiger partial charge is 0.374 e. The summed E-state index contributed by atoms with van der Waals surface area (Å²) in [6.07, 6.45) is -0.0214. The van der Waals surface area contributed by atoms with Gasteiger partial charge in [0, 0.05) is 43.9 Å². The predicted molar refractivity (Wildman–Crippen MR) is 77.4 cm³/mol. The molecule has 1 aromatic rings. The fourth-order valence-corrected chi connectivity index (χ4v) is 2.34. The quantitative estimate of drug-likeness (QED) is 0.660. The lowest BCUT2D eigenvalue weighted by molar-refractivity contribution is -0.385. The second-order valence-electron chi connectivity index (χ2n) is 5.14. The fraction of sp³-hybridized carbons (Fsp3) is 0.500. The number of nitro benzene ring substituents is 1. The first-order chi connectivity index (χ1) is 9.99. The number of aryl methyl sites for hydroxylation is 1. The van der Waals surface area contributed by atoms with Crippen LogP contribution in [0.25, 0.3) is 0 Å². The first kappa shape index (κ1) is 15.4. The summed E-state index contributed by atoms with van der Waals surface area (Å²) in [6, 6.07) is 4.41. The van der Waals surface area contributed by atoms with E-state index in [-0.39, 0.29) is 17.7 Å². The van der Waals surface area contributed by atoms with Crippen LogP contribution in [0.1, 0.15) is 15.9 Å². The second-order valence-corrected chi connectivity index (χ2v) is 5.14. The molecular weight excluding hydrogens is 274 g/mol. The Balaban J connectivity index is 2.04. The number of hydrogen-bond donors (Lipinski definition) is 1. The van der Waals surface area contributed by atoms with E-state index >= 15 is 0 Å². The van der Waals surface area contributed by atoms with Gasteiger partial charge in [-0.25, -0.2) is 0 Å². The molecule has 1 N–H and O–H groups in total. The van der Waals surface area contributed by atoms with Gasteiger partial charge < -0.3 is 15.0 Å². The number of nitro groups is 1. The number of nitrogens with zero attached hydrogens (tertiary/aromatic N) is 2. The predicted octanol–water partition coefficient (Wildman–Crippen LogP) is 0.964. The van der Waals surface area contributed by atoms with Crippen molar-refractivity contribution in [2.45, 2.75) is 13.0 Å². The van der Waals surface area contributed by atoms with Crippen molar-refractivity contribution in [3.63, 3.8) is 0 Å². The van der Waals surface area contributed by atoms with Gasteiger partial charge in [-0.15, -0.1) is 0 Å². The maximum Gasteiger partial charge on any atom is 0.272 e. The number of benzene rings is 1.